The van der Waals surface area contributed by atoms with Gasteiger partial charge >= 0.3 is 0 Å². The third kappa shape index (κ3) is 4.28. The van der Waals surface area contributed by atoms with Crippen molar-refractivity contribution >= 4 is 5.91 Å². The standard InChI is InChI=1S/C15H24N4O/c1-12(10-16)15(20)18-14-4-8-19(9-5-14)11-13-2-6-17-7-3-13/h2-3,6-7,12,14H,4-5,8-11,16H2,1H3,(H,18,20). The summed E-state index contributed by atoms with van der Waals surface area (Å²) in [6.45, 7) is 5.28. The molecule has 3 N–H and O–H groups in total. The normalized spacial score (nSPS) is 18.7. The highest BCUT2D eigenvalue weighted by molar-refractivity contribution is 5.78. The molecule has 0 spiro atoms. The lowest BCUT2D eigenvalue weighted by molar-refractivity contribution is -0.125. The zero-order valence-corrected chi connectivity index (χ0v) is 12.1. The molecule has 0 aliphatic carbocycles. The van der Waals surface area contributed by atoms with Gasteiger partial charge in [-0.25, -0.2) is 0 Å². The largest absolute Gasteiger partial charge is 0.353 e. The van der Waals surface area contributed by atoms with E-state index >= 15 is 0 Å². The number of nitrogens with one attached hydrogen (secondary N) is 1. The van der Waals surface area contributed by atoms with Gasteiger partial charge in [0.05, 0.1) is 0 Å². The highest BCUT2D eigenvalue weighted by Gasteiger charge is 2.22. The number of rotatable bonds is 5. The van der Waals surface area contributed by atoms with Crippen LogP contribution in [0, 0.1) is 5.92 Å². The van der Waals surface area contributed by atoms with E-state index in [4.69, 9.17) is 5.73 Å². The summed E-state index contributed by atoms with van der Waals surface area (Å²) in [7, 11) is 0. The molecule has 5 heteroatoms. The molecule has 1 fully saturated rings. The van der Waals surface area contributed by atoms with Gasteiger partial charge in [0.15, 0.2) is 0 Å². The van der Waals surface area contributed by atoms with Gasteiger partial charge in [-0.05, 0) is 30.5 Å². The van der Waals surface area contributed by atoms with Crippen LogP contribution in [0.5, 0.6) is 0 Å². The van der Waals surface area contributed by atoms with E-state index in [1.807, 2.05) is 19.3 Å². The van der Waals surface area contributed by atoms with E-state index in [1.54, 1.807) is 0 Å². The Bertz CT molecular complexity index is 415. The molecule has 1 amide bonds. The second-order valence-corrected chi connectivity index (χ2v) is 5.55. The summed E-state index contributed by atoms with van der Waals surface area (Å²) in [6.07, 6.45) is 5.68. The predicted octanol–water partition coefficient (Wildman–Crippen LogP) is 0.757. The fourth-order valence-electron chi connectivity index (χ4n) is 2.43. The van der Waals surface area contributed by atoms with Crippen molar-refractivity contribution < 1.29 is 4.79 Å². The molecule has 2 rings (SSSR count). The zero-order valence-electron chi connectivity index (χ0n) is 12.1. The summed E-state index contributed by atoms with van der Waals surface area (Å²) in [5, 5.41) is 3.10. The maximum absolute atomic E-state index is 11.8. The van der Waals surface area contributed by atoms with Gasteiger partial charge < -0.3 is 11.1 Å². The Kier molecular flexibility index (Phi) is 5.49. The number of amides is 1. The van der Waals surface area contributed by atoms with Crippen molar-refractivity contribution in [1.29, 1.82) is 0 Å². The Morgan fingerprint density at radius 2 is 2.10 bits per heavy atom. The first-order chi connectivity index (χ1) is 9.69. The molecule has 0 aromatic carbocycles. The maximum atomic E-state index is 11.8. The average Bonchev–Trinajstić information content (AvgIpc) is 2.49. The number of carbonyl (C=O) groups excluding carboxylic acids is 1. The fourth-order valence-corrected chi connectivity index (χ4v) is 2.43. The number of nitrogens with two attached hydrogens (primary N) is 1. The molecule has 1 saturated heterocycles. The van der Waals surface area contributed by atoms with Crippen LogP contribution in [0.15, 0.2) is 24.5 Å². The van der Waals surface area contributed by atoms with Crippen molar-refractivity contribution in [3.05, 3.63) is 30.1 Å². The molecule has 1 unspecified atom stereocenters. The van der Waals surface area contributed by atoms with Gasteiger partial charge in [0.25, 0.3) is 0 Å². The summed E-state index contributed by atoms with van der Waals surface area (Å²) in [6, 6.07) is 4.40. The highest BCUT2D eigenvalue weighted by Crippen LogP contribution is 2.14. The van der Waals surface area contributed by atoms with Crippen LogP contribution < -0.4 is 11.1 Å². The molecule has 20 heavy (non-hydrogen) atoms. The zero-order chi connectivity index (χ0) is 14.4. The average molecular weight is 276 g/mol. The smallest absolute Gasteiger partial charge is 0.224 e. The summed E-state index contributed by atoms with van der Waals surface area (Å²) in [5.74, 6) is -0.00932. The maximum Gasteiger partial charge on any atom is 0.224 e. The Labute approximate surface area is 120 Å². The molecule has 1 aliphatic heterocycles. The monoisotopic (exact) mass is 276 g/mol. The van der Waals surface area contributed by atoms with Gasteiger partial charge in [-0.2, -0.15) is 0 Å². The van der Waals surface area contributed by atoms with E-state index in [2.05, 4.69) is 27.3 Å². The van der Waals surface area contributed by atoms with Gasteiger partial charge in [0, 0.05) is 50.5 Å². The van der Waals surface area contributed by atoms with Gasteiger partial charge in [-0.3, -0.25) is 14.7 Å². The molecule has 2 heterocycles. The molecule has 0 radical (unpaired) electrons. The lowest BCUT2D eigenvalue weighted by atomic mass is 10.0. The third-order valence-corrected chi connectivity index (χ3v) is 3.89. The Morgan fingerprint density at radius 3 is 2.70 bits per heavy atom. The summed E-state index contributed by atoms with van der Waals surface area (Å²) < 4.78 is 0. The van der Waals surface area contributed by atoms with Crippen molar-refractivity contribution in [1.82, 2.24) is 15.2 Å². The van der Waals surface area contributed by atoms with Crippen LogP contribution in [0.25, 0.3) is 0 Å². The predicted molar refractivity (Wildman–Crippen MR) is 78.9 cm³/mol. The second-order valence-electron chi connectivity index (χ2n) is 5.55. The number of hydrogen-bond donors (Lipinski definition) is 2. The van der Waals surface area contributed by atoms with Crippen LogP contribution in [0.1, 0.15) is 25.3 Å². The van der Waals surface area contributed by atoms with E-state index in [9.17, 15) is 4.79 Å². The van der Waals surface area contributed by atoms with Crippen LogP contribution in [0.2, 0.25) is 0 Å². The summed E-state index contributed by atoms with van der Waals surface area (Å²) in [4.78, 5) is 18.3. The number of nitrogens with zero attached hydrogens (tertiary/aromatic N) is 2. The van der Waals surface area contributed by atoms with Crippen molar-refractivity contribution in [3.63, 3.8) is 0 Å². The third-order valence-electron chi connectivity index (χ3n) is 3.89. The highest BCUT2D eigenvalue weighted by atomic mass is 16.1. The number of hydrogen-bond acceptors (Lipinski definition) is 4. The molecule has 0 saturated carbocycles. The minimum Gasteiger partial charge on any atom is -0.353 e. The van der Waals surface area contributed by atoms with E-state index < -0.39 is 0 Å². The first-order valence-electron chi connectivity index (χ1n) is 7.30. The van der Waals surface area contributed by atoms with Gasteiger partial charge in [0.1, 0.15) is 0 Å². The summed E-state index contributed by atoms with van der Waals surface area (Å²) >= 11 is 0. The van der Waals surface area contributed by atoms with Crippen LogP contribution in [-0.4, -0.2) is 41.5 Å². The molecule has 110 valence electrons. The van der Waals surface area contributed by atoms with E-state index in [1.165, 1.54) is 5.56 Å². The number of likely N-dealkylation sites (tertiary alicyclic amines) is 1. The van der Waals surface area contributed by atoms with Gasteiger partial charge in [-0.1, -0.05) is 6.92 Å². The van der Waals surface area contributed by atoms with Gasteiger partial charge in [0.2, 0.25) is 5.91 Å². The minimum absolute atomic E-state index is 0.0834. The number of piperidine rings is 1. The van der Waals surface area contributed by atoms with E-state index in [-0.39, 0.29) is 11.8 Å². The number of pyridine rings is 1. The molecule has 5 nitrogen and oxygen atoms in total. The molecule has 1 atom stereocenters. The quantitative estimate of drug-likeness (QED) is 0.833. The van der Waals surface area contributed by atoms with Crippen LogP contribution in [-0.2, 0) is 11.3 Å². The molecule has 1 aromatic heterocycles. The first-order valence-corrected chi connectivity index (χ1v) is 7.30. The van der Waals surface area contributed by atoms with Gasteiger partial charge in [-0.15, -0.1) is 0 Å². The molecular weight excluding hydrogens is 252 g/mol. The summed E-state index contributed by atoms with van der Waals surface area (Å²) in [5.41, 5.74) is 6.80. The Hall–Kier alpha value is -1.46. The molecule has 0 bridgehead atoms. The molecule has 1 aromatic rings. The van der Waals surface area contributed by atoms with Crippen LogP contribution in [0.3, 0.4) is 0 Å². The minimum atomic E-state index is -0.0927. The number of carbonyl (C=O) groups is 1. The number of aromatic nitrogens is 1. The first kappa shape index (κ1) is 14.9. The SMILES string of the molecule is CC(CN)C(=O)NC1CCN(Cc2ccncc2)CC1. The lowest BCUT2D eigenvalue weighted by Gasteiger charge is -2.32. The van der Waals surface area contributed by atoms with Crippen LogP contribution >= 0.6 is 0 Å². The fraction of sp³-hybridized carbons (Fsp3) is 0.600. The molecule has 1 aliphatic rings. The molecular formula is C15H24N4O. The Balaban J connectivity index is 1.74. The second kappa shape index (κ2) is 7.36. The van der Waals surface area contributed by atoms with Crippen molar-refractivity contribution in [3.8, 4) is 0 Å². The Morgan fingerprint density at radius 1 is 1.45 bits per heavy atom. The van der Waals surface area contributed by atoms with Crippen molar-refractivity contribution in [2.45, 2.75) is 32.4 Å². The van der Waals surface area contributed by atoms with E-state index in [0.29, 0.717) is 12.6 Å². The van der Waals surface area contributed by atoms with Crippen molar-refractivity contribution in [2.75, 3.05) is 19.6 Å². The topological polar surface area (TPSA) is 71.2 Å². The lowest BCUT2D eigenvalue weighted by Crippen LogP contribution is -2.46. The van der Waals surface area contributed by atoms with Crippen molar-refractivity contribution in [2.24, 2.45) is 11.7 Å². The van der Waals surface area contributed by atoms with E-state index in [0.717, 1.165) is 32.5 Å². The van der Waals surface area contributed by atoms with Crippen LogP contribution in [0.4, 0.5) is 0 Å².